The van der Waals surface area contributed by atoms with Gasteiger partial charge in [0.15, 0.2) is 6.29 Å². The molecule has 0 atom stereocenters. The lowest BCUT2D eigenvalue weighted by Gasteiger charge is -2.06. The molecule has 0 unspecified atom stereocenters. The van der Waals surface area contributed by atoms with Crippen LogP contribution in [0.4, 0.5) is 0 Å². The van der Waals surface area contributed by atoms with Crippen molar-refractivity contribution < 1.29 is 9.53 Å². The SMILES string of the molecule is O=Cc1ccc2ccc(OCCCCBr)cc2n1. The predicted octanol–water partition coefficient (Wildman–Crippen LogP) is 3.60. The third kappa shape index (κ3) is 3.29. The van der Waals surface area contributed by atoms with Gasteiger partial charge in [0.25, 0.3) is 0 Å². The number of hydrogen-bond acceptors (Lipinski definition) is 3. The first-order valence-electron chi connectivity index (χ1n) is 5.88. The summed E-state index contributed by atoms with van der Waals surface area (Å²) >= 11 is 3.39. The fourth-order valence-electron chi connectivity index (χ4n) is 1.65. The van der Waals surface area contributed by atoms with Gasteiger partial charge >= 0.3 is 0 Å². The van der Waals surface area contributed by atoms with Crippen LogP contribution in [0.3, 0.4) is 0 Å². The largest absolute Gasteiger partial charge is 0.494 e. The van der Waals surface area contributed by atoms with E-state index in [-0.39, 0.29) is 0 Å². The lowest BCUT2D eigenvalue weighted by molar-refractivity contribution is 0.111. The molecule has 0 aliphatic rings. The van der Waals surface area contributed by atoms with Crippen molar-refractivity contribution in [2.75, 3.05) is 11.9 Å². The van der Waals surface area contributed by atoms with Gasteiger partial charge in [0.2, 0.25) is 0 Å². The van der Waals surface area contributed by atoms with Crippen LogP contribution < -0.4 is 4.74 Å². The van der Waals surface area contributed by atoms with E-state index in [1.807, 2.05) is 24.3 Å². The summed E-state index contributed by atoms with van der Waals surface area (Å²) in [4.78, 5) is 14.9. The van der Waals surface area contributed by atoms with Gasteiger partial charge in [-0.25, -0.2) is 4.98 Å². The highest BCUT2D eigenvalue weighted by atomic mass is 79.9. The van der Waals surface area contributed by atoms with Gasteiger partial charge in [-0.2, -0.15) is 0 Å². The summed E-state index contributed by atoms with van der Waals surface area (Å²) in [5.74, 6) is 0.799. The summed E-state index contributed by atoms with van der Waals surface area (Å²) in [5.41, 5.74) is 1.23. The molecule has 1 aromatic heterocycles. The predicted molar refractivity (Wildman–Crippen MR) is 75.7 cm³/mol. The number of carbonyl (C=O) groups excluding carboxylic acids is 1. The van der Waals surface area contributed by atoms with E-state index in [2.05, 4.69) is 20.9 Å². The third-order valence-corrected chi connectivity index (χ3v) is 3.16. The second-order valence-corrected chi connectivity index (χ2v) is 4.75. The van der Waals surface area contributed by atoms with Crippen LogP contribution in [0.2, 0.25) is 0 Å². The second-order valence-electron chi connectivity index (χ2n) is 3.95. The van der Waals surface area contributed by atoms with Gasteiger partial charge in [-0.15, -0.1) is 0 Å². The maximum Gasteiger partial charge on any atom is 0.168 e. The number of alkyl halides is 1. The highest BCUT2D eigenvalue weighted by Crippen LogP contribution is 2.19. The summed E-state index contributed by atoms with van der Waals surface area (Å²) in [5, 5.41) is 2.01. The second kappa shape index (κ2) is 6.50. The number of rotatable bonds is 6. The first-order valence-corrected chi connectivity index (χ1v) is 7.00. The maximum atomic E-state index is 10.7. The zero-order valence-corrected chi connectivity index (χ0v) is 11.5. The number of aromatic nitrogens is 1. The Hall–Kier alpha value is -1.42. The number of unbranched alkanes of at least 4 members (excludes halogenated alkanes) is 1. The third-order valence-electron chi connectivity index (χ3n) is 2.60. The van der Waals surface area contributed by atoms with E-state index in [9.17, 15) is 4.79 Å². The van der Waals surface area contributed by atoms with Gasteiger partial charge in [-0.3, -0.25) is 4.79 Å². The molecule has 0 N–H and O–H groups in total. The molecule has 94 valence electrons. The molecule has 0 aliphatic carbocycles. The Balaban J connectivity index is 2.12. The molecule has 0 fully saturated rings. The molecular weight excluding hydrogens is 294 g/mol. The Morgan fingerprint density at radius 2 is 2.06 bits per heavy atom. The molecule has 0 bridgehead atoms. The molecule has 0 amide bonds. The van der Waals surface area contributed by atoms with E-state index in [1.165, 1.54) is 0 Å². The average Bonchev–Trinajstić information content (AvgIpc) is 2.42. The van der Waals surface area contributed by atoms with E-state index in [0.717, 1.165) is 41.1 Å². The van der Waals surface area contributed by atoms with E-state index in [4.69, 9.17) is 4.74 Å². The van der Waals surface area contributed by atoms with Crippen molar-refractivity contribution in [2.24, 2.45) is 0 Å². The van der Waals surface area contributed by atoms with Crippen molar-refractivity contribution in [3.8, 4) is 5.75 Å². The van der Waals surface area contributed by atoms with E-state index < -0.39 is 0 Å². The van der Waals surface area contributed by atoms with Crippen LogP contribution in [0.15, 0.2) is 30.3 Å². The molecule has 0 spiro atoms. The highest BCUT2D eigenvalue weighted by Gasteiger charge is 2.00. The summed E-state index contributed by atoms with van der Waals surface area (Å²) in [6.45, 7) is 0.699. The van der Waals surface area contributed by atoms with Crippen molar-refractivity contribution in [3.05, 3.63) is 36.0 Å². The average molecular weight is 308 g/mol. The summed E-state index contributed by atoms with van der Waals surface area (Å²) in [6, 6.07) is 9.36. The highest BCUT2D eigenvalue weighted by molar-refractivity contribution is 9.09. The number of halogens is 1. The quantitative estimate of drug-likeness (QED) is 0.465. The molecule has 0 aliphatic heterocycles. The van der Waals surface area contributed by atoms with Crippen LogP contribution in [0.25, 0.3) is 10.9 Å². The first kappa shape index (κ1) is 13.0. The van der Waals surface area contributed by atoms with E-state index in [0.29, 0.717) is 12.3 Å². The van der Waals surface area contributed by atoms with Gasteiger partial charge < -0.3 is 4.74 Å². The lowest BCUT2D eigenvalue weighted by Crippen LogP contribution is -1.97. The molecule has 2 rings (SSSR count). The minimum Gasteiger partial charge on any atom is -0.494 e. The zero-order valence-electron chi connectivity index (χ0n) is 9.93. The molecule has 2 aromatic rings. The number of nitrogens with zero attached hydrogens (tertiary/aromatic N) is 1. The molecule has 0 saturated heterocycles. The normalized spacial score (nSPS) is 10.5. The standard InChI is InChI=1S/C14H14BrNO2/c15-7-1-2-8-18-13-6-4-11-3-5-12(10-17)16-14(11)9-13/h3-6,9-10H,1-2,7-8H2. The number of pyridine rings is 1. The molecule has 3 nitrogen and oxygen atoms in total. The summed E-state index contributed by atoms with van der Waals surface area (Å²) < 4.78 is 5.64. The first-order chi connectivity index (χ1) is 8.83. The number of fused-ring (bicyclic) bond motifs is 1. The van der Waals surface area contributed by atoms with Crippen LogP contribution in [0.5, 0.6) is 5.75 Å². The minimum absolute atomic E-state index is 0.443. The molecule has 1 aromatic carbocycles. The molecule has 0 saturated carbocycles. The van der Waals surface area contributed by atoms with Gasteiger partial charge in [0.1, 0.15) is 11.4 Å². The van der Waals surface area contributed by atoms with Crippen molar-refractivity contribution in [1.82, 2.24) is 4.98 Å². The fraction of sp³-hybridized carbons (Fsp3) is 0.286. The van der Waals surface area contributed by atoms with E-state index >= 15 is 0 Å². The van der Waals surface area contributed by atoms with Gasteiger partial charge in [-0.1, -0.05) is 22.0 Å². The number of carbonyl (C=O) groups is 1. The van der Waals surface area contributed by atoms with Gasteiger partial charge in [0, 0.05) is 16.8 Å². The monoisotopic (exact) mass is 307 g/mol. The summed E-state index contributed by atoms with van der Waals surface area (Å²) in [6.07, 6.45) is 2.87. The Morgan fingerprint density at radius 1 is 1.22 bits per heavy atom. The Morgan fingerprint density at radius 3 is 2.83 bits per heavy atom. The lowest BCUT2D eigenvalue weighted by atomic mass is 10.2. The Bertz CT molecular complexity index is 542. The molecule has 18 heavy (non-hydrogen) atoms. The molecule has 0 radical (unpaired) electrons. The van der Waals surface area contributed by atoms with Crippen LogP contribution in [-0.2, 0) is 0 Å². The molecule has 1 heterocycles. The van der Waals surface area contributed by atoms with Crippen molar-refractivity contribution in [2.45, 2.75) is 12.8 Å². The fourth-order valence-corrected chi connectivity index (χ4v) is 2.05. The van der Waals surface area contributed by atoms with Crippen LogP contribution in [0, 0.1) is 0 Å². The molecule has 4 heteroatoms. The number of hydrogen-bond donors (Lipinski definition) is 0. The van der Waals surface area contributed by atoms with Crippen LogP contribution in [0.1, 0.15) is 23.3 Å². The van der Waals surface area contributed by atoms with Crippen LogP contribution >= 0.6 is 15.9 Å². The topological polar surface area (TPSA) is 39.2 Å². The van der Waals surface area contributed by atoms with Crippen molar-refractivity contribution in [1.29, 1.82) is 0 Å². The number of aldehydes is 1. The maximum absolute atomic E-state index is 10.7. The zero-order chi connectivity index (χ0) is 12.8. The van der Waals surface area contributed by atoms with Gasteiger partial charge in [-0.05, 0) is 31.0 Å². The number of benzene rings is 1. The smallest absolute Gasteiger partial charge is 0.168 e. The summed E-state index contributed by atoms with van der Waals surface area (Å²) in [7, 11) is 0. The molecular formula is C14H14BrNO2. The van der Waals surface area contributed by atoms with Crippen molar-refractivity contribution in [3.63, 3.8) is 0 Å². The Labute approximate surface area is 114 Å². The number of ether oxygens (including phenoxy) is 1. The van der Waals surface area contributed by atoms with Gasteiger partial charge in [0.05, 0.1) is 12.1 Å². The Kier molecular flexibility index (Phi) is 4.70. The van der Waals surface area contributed by atoms with Crippen LogP contribution in [-0.4, -0.2) is 23.2 Å². The van der Waals surface area contributed by atoms with Crippen molar-refractivity contribution >= 4 is 33.1 Å². The minimum atomic E-state index is 0.443. The van der Waals surface area contributed by atoms with E-state index in [1.54, 1.807) is 6.07 Å².